The second kappa shape index (κ2) is 7.98. The average Bonchev–Trinajstić information content (AvgIpc) is 2.35. The largest absolute Gasteiger partial charge is 0.388 e. The number of hydrogen-bond donors (Lipinski definition) is 3. The third kappa shape index (κ3) is 6.14. The molecule has 1 saturated heterocycles. The summed E-state index contributed by atoms with van der Waals surface area (Å²) in [7, 11) is 1.73. The molecule has 0 aromatic heterocycles. The van der Waals surface area contributed by atoms with Crippen LogP contribution in [-0.4, -0.2) is 67.4 Å². The quantitative estimate of drug-likeness (QED) is 0.571. The highest BCUT2D eigenvalue weighted by atomic mass is 16.5. The molecule has 114 valence electrons. The van der Waals surface area contributed by atoms with Crippen molar-refractivity contribution < 1.29 is 19.4 Å². The van der Waals surface area contributed by atoms with Gasteiger partial charge in [0.1, 0.15) is 0 Å². The van der Waals surface area contributed by atoms with E-state index in [2.05, 4.69) is 17.2 Å². The smallest absolute Gasteiger partial charge is 0.321 e. The number of likely N-dealkylation sites (N-methyl/N-ethyl adjacent to an activating group) is 1. The number of hydrogen-bond acceptors (Lipinski definition) is 5. The summed E-state index contributed by atoms with van der Waals surface area (Å²) in [5.41, 5.74) is -0.821. The molecule has 0 radical (unpaired) electrons. The van der Waals surface area contributed by atoms with Crippen LogP contribution in [0.4, 0.5) is 4.79 Å². The van der Waals surface area contributed by atoms with E-state index in [1.807, 2.05) is 0 Å². The molecule has 1 rings (SSSR count). The van der Waals surface area contributed by atoms with E-state index in [1.165, 1.54) is 6.08 Å². The lowest BCUT2D eigenvalue weighted by Gasteiger charge is -2.35. The van der Waals surface area contributed by atoms with Crippen molar-refractivity contribution in [2.75, 3.05) is 39.9 Å². The minimum Gasteiger partial charge on any atom is -0.388 e. The highest BCUT2D eigenvalue weighted by molar-refractivity contribution is 5.95. The van der Waals surface area contributed by atoms with Gasteiger partial charge < -0.3 is 15.2 Å². The molecular weight excluding hydrogens is 262 g/mol. The Labute approximate surface area is 119 Å². The van der Waals surface area contributed by atoms with Gasteiger partial charge in [-0.15, -0.1) is 6.58 Å². The molecule has 0 bridgehead atoms. The Morgan fingerprint density at radius 1 is 1.45 bits per heavy atom. The highest BCUT2D eigenvalue weighted by Gasteiger charge is 2.31. The Hall–Kier alpha value is -1.44. The van der Waals surface area contributed by atoms with Gasteiger partial charge in [0.25, 0.3) is 0 Å². The van der Waals surface area contributed by atoms with E-state index in [1.54, 1.807) is 11.9 Å². The lowest BCUT2D eigenvalue weighted by atomic mass is 9.94. The zero-order valence-corrected chi connectivity index (χ0v) is 11.9. The van der Waals surface area contributed by atoms with Crippen LogP contribution in [0.1, 0.15) is 12.8 Å². The first kappa shape index (κ1) is 16.6. The predicted molar refractivity (Wildman–Crippen MR) is 74.2 cm³/mol. The SMILES string of the molecule is C=CCNC(=O)NC(=O)CN(C)CC1(O)CCOCC1. The van der Waals surface area contributed by atoms with Crippen LogP contribution in [0, 0.1) is 0 Å². The van der Waals surface area contributed by atoms with Gasteiger partial charge in [-0.2, -0.15) is 0 Å². The van der Waals surface area contributed by atoms with E-state index in [0.29, 0.717) is 39.1 Å². The summed E-state index contributed by atoms with van der Waals surface area (Å²) in [6, 6.07) is -0.548. The highest BCUT2D eigenvalue weighted by Crippen LogP contribution is 2.20. The van der Waals surface area contributed by atoms with Crippen LogP contribution in [0.15, 0.2) is 12.7 Å². The summed E-state index contributed by atoms with van der Waals surface area (Å²) in [6.07, 6.45) is 2.63. The fourth-order valence-electron chi connectivity index (χ4n) is 2.09. The van der Waals surface area contributed by atoms with Crippen molar-refractivity contribution in [2.24, 2.45) is 0 Å². The number of ether oxygens (including phenoxy) is 1. The lowest BCUT2D eigenvalue weighted by Crippen LogP contribution is -2.49. The fraction of sp³-hybridized carbons (Fsp3) is 0.692. The Kier molecular flexibility index (Phi) is 6.63. The van der Waals surface area contributed by atoms with Crippen molar-refractivity contribution in [3.63, 3.8) is 0 Å². The Bertz CT molecular complexity index is 354. The zero-order valence-electron chi connectivity index (χ0n) is 11.9. The van der Waals surface area contributed by atoms with Gasteiger partial charge >= 0.3 is 6.03 Å². The average molecular weight is 285 g/mol. The third-order valence-corrected chi connectivity index (χ3v) is 3.06. The van der Waals surface area contributed by atoms with Gasteiger partial charge in [-0.25, -0.2) is 4.79 Å². The molecule has 7 heteroatoms. The van der Waals surface area contributed by atoms with Crippen LogP contribution in [0.5, 0.6) is 0 Å². The van der Waals surface area contributed by atoms with Gasteiger partial charge in [0.2, 0.25) is 5.91 Å². The molecule has 0 aliphatic carbocycles. The summed E-state index contributed by atoms with van der Waals surface area (Å²) in [5.74, 6) is -0.412. The maximum absolute atomic E-state index is 11.6. The number of rotatable bonds is 6. The summed E-state index contributed by atoms with van der Waals surface area (Å²) in [5, 5.41) is 15.0. The van der Waals surface area contributed by atoms with Crippen LogP contribution in [0.2, 0.25) is 0 Å². The fourth-order valence-corrected chi connectivity index (χ4v) is 2.09. The molecule has 0 unspecified atom stereocenters. The number of urea groups is 1. The zero-order chi connectivity index (χ0) is 15.0. The van der Waals surface area contributed by atoms with E-state index in [-0.39, 0.29) is 6.54 Å². The monoisotopic (exact) mass is 285 g/mol. The van der Waals surface area contributed by atoms with E-state index in [4.69, 9.17) is 4.74 Å². The van der Waals surface area contributed by atoms with Crippen LogP contribution in [0.3, 0.4) is 0 Å². The van der Waals surface area contributed by atoms with Gasteiger partial charge in [-0.1, -0.05) is 6.08 Å². The van der Waals surface area contributed by atoms with Crippen molar-refractivity contribution >= 4 is 11.9 Å². The van der Waals surface area contributed by atoms with Crippen LogP contribution < -0.4 is 10.6 Å². The molecule has 3 N–H and O–H groups in total. The summed E-state index contributed by atoms with van der Waals surface area (Å²) in [4.78, 5) is 24.6. The molecule has 1 aliphatic rings. The number of nitrogens with one attached hydrogen (secondary N) is 2. The first-order valence-corrected chi connectivity index (χ1v) is 6.62. The standard InChI is InChI=1S/C13H23N3O4/c1-3-6-14-12(18)15-11(17)9-16(2)10-13(19)4-7-20-8-5-13/h3,19H,1,4-10H2,2H3,(H2,14,15,17,18). The second-order valence-corrected chi connectivity index (χ2v) is 5.06. The van der Waals surface area contributed by atoms with Gasteiger partial charge in [0.05, 0.1) is 12.1 Å². The minimum atomic E-state index is -0.821. The minimum absolute atomic E-state index is 0.0463. The van der Waals surface area contributed by atoms with Crippen molar-refractivity contribution in [2.45, 2.75) is 18.4 Å². The summed E-state index contributed by atoms with van der Waals surface area (Å²) >= 11 is 0. The summed E-state index contributed by atoms with van der Waals surface area (Å²) in [6.45, 7) is 5.24. The predicted octanol–water partition coefficient (Wildman–Crippen LogP) is -0.528. The third-order valence-electron chi connectivity index (χ3n) is 3.06. The van der Waals surface area contributed by atoms with Crippen molar-refractivity contribution in [1.82, 2.24) is 15.5 Å². The van der Waals surface area contributed by atoms with Gasteiger partial charge in [0, 0.05) is 39.1 Å². The molecule has 1 aliphatic heterocycles. The van der Waals surface area contributed by atoms with Crippen LogP contribution in [-0.2, 0) is 9.53 Å². The molecule has 3 amide bonds. The Morgan fingerprint density at radius 2 is 2.10 bits per heavy atom. The molecule has 1 heterocycles. The normalized spacial score (nSPS) is 17.6. The first-order valence-electron chi connectivity index (χ1n) is 6.62. The molecular formula is C13H23N3O4. The van der Waals surface area contributed by atoms with E-state index >= 15 is 0 Å². The van der Waals surface area contributed by atoms with Crippen LogP contribution >= 0.6 is 0 Å². The number of carbonyl (C=O) groups excluding carboxylic acids is 2. The number of carbonyl (C=O) groups is 2. The first-order chi connectivity index (χ1) is 9.45. The van der Waals surface area contributed by atoms with Crippen LogP contribution in [0.25, 0.3) is 0 Å². The molecule has 20 heavy (non-hydrogen) atoms. The molecule has 0 atom stereocenters. The van der Waals surface area contributed by atoms with Gasteiger partial charge in [-0.05, 0) is 7.05 Å². The number of aliphatic hydroxyl groups is 1. The van der Waals surface area contributed by atoms with Crippen molar-refractivity contribution in [3.8, 4) is 0 Å². The maximum Gasteiger partial charge on any atom is 0.321 e. The summed E-state index contributed by atoms with van der Waals surface area (Å²) < 4.78 is 5.20. The lowest BCUT2D eigenvalue weighted by molar-refractivity contribution is -0.122. The second-order valence-electron chi connectivity index (χ2n) is 5.06. The Morgan fingerprint density at radius 3 is 2.70 bits per heavy atom. The topological polar surface area (TPSA) is 90.9 Å². The number of nitrogens with zero attached hydrogens (tertiary/aromatic N) is 1. The number of amides is 3. The van der Waals surface area contributed by atoms with E-state index < -0.39 is 17.5 Å². The van der Waals surface area contributed by atoms with Crippen molar-refractivity contribution in [3.05, 3.63) is 12.7 Å². The van der Waals surface area contributed by atoms with Crippen molar-refractivity contribution in [1.29, 1.82) is 0 Å². The molecule has 7 nitrogen and oxygen atoms in total. The van der Waals surface area contributed by atoms with Gasteiger partial charge in [-0.3, -0.25) is 15.0 Å². The molecule has 0 aromatic carbocycles. The molecule has 0 aromatic rings. The number of imide groups is 1. The molecule has 1 fully saturated rings. The molecule has 0 spiro atoms. The van der Waals surface area contributed by atoms with Gasteiger partial charge in [0.15, 0.2) is 0 Å². The Balaban J connectivity index is 2.30. The maximum atomic E-state index is 11.6. The molecule has 0 saturated carbocycles. The van der Waals surface area contributed by atoms with E-state index in [9.17, 15) is 14.7 Å². The van der Waals surface area contributed by atoms with E-state index in [0.717, 1.165) is 0 Å².